The number of rotatable bonds is 8. The third-order valence-corrected chi connectivity index (χ3v) is 3.86. The molecular formula is C16H30N4O. The minimum Gasteiger partial charge on any atom is -0.352 e. The molecule has 0 aromatic carbocycles. The molecule has 0 aliphatic carbocycles. The van der Waals surface area contributed by atoms with Crippen molar-refractivity contribution in [1.82, 2.24) is 20.4 Å². The predicted octanol–water partition coefficient (Wildman–Crippen LogP) is 2.30. The molecule has 21 heavy (non-hydrogen) atoms. The van der Waals surface area contributed by atoms with E-state index in [1.165, 1.54) is 5.56 Å². The zero-order valence-electron chi connectivity index (χ0n) is 14.3. The first-order valence-corrected chi connectivity index (χ1v) is 7.94. The third-order valence-electron chi connectivity index (χ3n) is 3.86. The topological polar surface area (TPSA) is 59.0 Å². The van der Waals surface area contributed by atoms with Gasteiger partial charge in [0, 0.05) is 29.9 Å². The van der Waals surface area contributed by atoms with E-state index in [2.05, 4.69) is 43.4 Å². The number of aryl methyl sites for hydroxylation is 1. The van der Waals surface area contributed by atoms with E-state index < -0.39 is 0 Å². The molecule has 0 atom stereocenters. The van der Waals surface area contributed by atoms with E-state index in [1.807, 2.05) is 18.5 Å². The Morgan fingerprint density at radius 1 is 1.24 bits per heavy atom. The molecule has 1 rings (SSSR count). The van der Waals surface area contributed by atoms with Crippen molar-refractivity contribution in [2.24, 2.45) is 0 Å². The molecule has 0 aliphatic heterocycles. The second-order valence-electron chi connectivity index (χ2n) is 5.92. The molecular weight excluding hydrogens is 264 g/mol. The van der Waals surface area contributed by atoms with Crippen LogP contribution in [-0.4, -0.2) is 27.8 Å². The van der Waals surface area contributed by atoms with Crippen molar-refractivity contribution >= 4 is 5.91 Å². The fraction of sp³-hybridized carbons (Fsp3) is 0.750. The second kappa shape index (κ2) is 8.17. The molecule has 0 radical (unpaired) electrons. The van der Waals surface area contributed by atoms with Gasteiger partial charge in [-0.25, -0.2) is 0 Å². The van der Waals surface area contributed by atoms with Crippen LogP contribution in [0.25, 0.3) is 0 Å². The lowest BCUT2D eigenvalue weighted by Crippen LogP contribution is -2.36. The van der Waals surface area contributed by atoms with E-state index in [-0.39, 0.29) is 11.9 Å². The fourth-order valence-electron chi connectivity index (χ4n) is 2.35. The Balaban J connectivity index is 2.71. The minimum atomic E-state index is 0.0395. The zero-order chi connectivity index (χ0) is 16.0. The SMILES string of the molecule is CCC(CC)NC(=O)Cn1nc(C)c(CNC(C)C)c1C. The maximum absolute atomic E-state index is 12.1. The fourth-order valence-corrected chi connectivity index (χ4v) is 2.35. The van der Waals surface area contributed by atoms with E-state index >= 15 is 0 Å². The molecule has 5 heteroatoms. The summed E-state index contributed by atoms with van der Waals surface area (Å²) in [4.78, 5) is 12.1. The highest BCUT2D eigenvalue weighted by Gasteiger charge is 2.15. The summed E-state index contributed by atoms with van der Waals surface area (Å²) in [6, 6.07) is 0.696. The first-order valence-electron chi connectivity index (χ1n) is 7.94. The van der Waals surface area contributed by atoms with E-state index in [1.54, 1.807) is 0 Å². The molecule has 1 heterocycles. The maximum atomic E-state index is 12.1. The smallest absolute Gasteiger partial charge is 0.241 e. The molecule has 1 aromatic rings. The first-order chi connectivity index (χ1) is 9.88. The van der Waals surface area contributed by atoms with Gasteiger partial charge in [0.15, 0.2) is 0 Å². The van der Waals surface area contributed by atoms with Crippen LogP contribution in [0.5, 0.6) is 0 Å². The van der Waals surface area contributed by atoms with Gasteiger partial charge in [-0.05, 0) is 26.7 Å². The van der Waals surface area contributed by atoms with Crippen molar-refractivity contribution in [3.8, 4) is 0 Å². The largest absolute Gasteiger partial charge is 0.352 e. The Labute approximate surface area is 128 Å². The lowest BCUT2D eigenvalue weighted by atomic mass is 10.2. The van der Waals surface area contributed by atoms with Crippen molar-refractivity contribution in [1.29, 1.82) is 0 Å². The van der Waals surface area contributed by atoms with Gasteiger partial charge in [-0.2, -0.15) is 5.10 Å². The number of carbonyl (C=O) groups excluding carboxylic acids is 1. The molecule has 1 amide bonds. The van der Waals surface area contributed by atoms with Gasteiger partial charge in [0.1, 0.15) is 6.54 Å². The summed E-state index contributed by atoms with van der Waals surface area (Å²) in [5.74, 6) is 0.0395. The summed E-state index contributed by atoms with van der Waals surface area (Å²) < 4.78 is 1.81. The monoisotopic (exact) mass is 294 g/mol. The quantitative estimate of drug-likeness (QED) is 0.773. The summed E-state index contributed by atoms with van der Waals surface area (Å²) in [6.45, 7) is 13.5. The Morgan fingerprint density at radius 2 is 1.86 bits per heavy atom. The van der Waals surface area contributed by atoms with E-state index in [9.17, 15) is 4.79 Å². The van der Waals surface area contributed by atoms with E-state index in [0.717, 1.165) is 30.8 Å². The van der Waals surface area contributed by atoms with Gasteiger partial charge in [0.2, 0.25) is 5.91 Å². The van der Waals surface area contributed by atoms with Crippen molar-refractivity contribution < 1.29 is 4.79 Å². The summed E-state index contributed by atoms with van der Waals surface area (Å²) >= 11 is 0. The Morgan fingerprint density at radius 3 is 2.38 bits per heavy atom. The number of nitrogens with one attached hydrogen (secondary N) is 2. The summed E-state index contributed by atoms with van der Waals surface area (Å²) in [6.07, 6.45) is 1.92. The number of carbonyl (C=O) groups is 1. The normalized spacial score (nSPS) is 11.4. The lowest BCUT2D eigenvalue weighted by molar-refractivity contribution is -0.122. The Hall–Kier alpha value is -1.36. The van der Waals surface area contributed by atoms with Crippen LogP contribution in [0.3, 0.4) is 0 Å². The number of hydrogen-bond donors (Lipinski definition) is 2. The van der Waals surface area contributed by atoms with Crippen LogP contribution in [0.1, 0.15) is 57.5 Å². The second-order valence-corrected chi connectivity index (χ2v) is 5.92. The lowest BCUT2D eigenvalue weighted by Gasteiger charge is -2.15. The highest BCUT2D eigenvalue weighted by atomic mass is 16.2. The van der Waals surface area contributed by atoms with Crippen molar-refractivity contribution in [3.05, 3.63) is 17.0 Å². The molecule has 120 valence electrons. The van der Waals surface area contributed by atoms with Gasteiger partial charge >= 0.3 is 0 Å². The van der Waals surface area contributed by atoms with Gasteiger partial charge in [-0.3, -0.25) is 9.48 Å². The number of nitrogens with zero attached hydrogens (tertiary/aromatic N) is 2. The molecule has 0 spiro atoms. The van der Waals surface area contributed by atoms with Crippen LogP contribution in [0.2, 0.25) is 0 Å². The average Bonchev–Trinajstić information content (AvgIpc) is 2.68. The van der Waals surface area contributed by atoms with Crippen LogP contribution in [0.15, 0.2) is 0 Å². The summed E-state index contributed by atoms with van der Waals surface area (Å²) in [5.41, 5.74) is 3.26. The number of aromatic nitrogens is 2. The van der Waals surface area contributed by atoms with Crippen molar-refractivity contribution in [3.63, 3.8) is 0 Å². The predicted molar refractivity (Wildman–Crippen MR) is 86.2 cm³/mol. The number of hydrogen-bond acceptors (Lipinski definition) is 3. The molecule has 0 saturated carbocycles. The minimum absolute atomic E-state index is 0.0395. The van der Waals surface area contributed by atoms with Gasteiger partial charge in [-0.1, -0.05) is 27.7 Å². The number of amides is 1. The molecule has 0 bridgehead atoms. The van der Waals surface area contributed by atoms with Crippen LogP contribution in [-0.2, 0) is 17.9 Å². The summed E-state index contributed by atoms with van der Waals surface area (Å²) in [5, 5.41) is 11.0. The third kappa shape index (κ3) is 5.16. The van der Waals surface area contributed by atoms with Crippen molar-refractivity contribution in [2.45, 2.75) is 79.6 Å². The molecule has 0 aliphatic rings. The average molecular weight is 294 g/mol. The van der Waals surface area contributed by atoms with Crippen molar-refractivity contribution in [2.75, 3.05) is 0 Å². The molecule has 0 fully saturated rings. The molecule has 0 saturated heterocycles. The molecule has 0 unspecified atom stereocenters. The highest BCUT2D eigenvalue weighted by Crippen LogP contribution is 2.13. The first kappa shape index (κ1) is 17.7. The van der Waals surface area contributed by atoms with Crippen LogP contribution >= 0.6 is 0 Å². The Kier molecular flexibility index (Phi) is 6.89. The van der Waals surface area contributed by atoms with Gasteiger partial charge in [0.25, 0.3) is 0 Å². The molecule has 5 nitrogen and oxygen atoms in total. The standard InChI is InChI=1S/C16H30N4O/c1-7-14(8-2)18-16(21)10-20-13(6)15(12(5)19-20)9-17-11(3)4/h11,14,17H,7-10H2,1-6H3,(H,18,21). The van der Waals surface area contributed by atoms with Gasteiger partial charge < -0.3 is 10.6 Å². The van der Waals surface area contributed by atoms with E-state index in [4.69, 9.17) is 0 Å². The highest BCUT2D eigenvalue weighted by molar-refractivity contribution is 5.76. The zero-order valence-corrected chi connectivity index (χ0v) is 14.3. The van der Waals surface area contributed by atoms with Gasteiger partial charge in [-0.15, -0.1) is 0 Å². The molecule has 1 aromatic heterocycles. The maximum Gasteiger partial charge on any atom is 0.241 e. The van der Waals surface area contributed by atoms with Gasteiger partial charge in [0.05, 0.1) is 5.69 Å². The van der Waals surface area contributed by atoms with E-state index in [0.29, 0.717) is 12.6 Å². The van der Waals surface area contributed by atoms with Crippen LogP contribution < -0.4 is 10.6 Å². The van der Waals surface area contributed by atoms with Crippen LogP contribution in [0.4, 0.5) is 0 Å². The molecule has 2 N–H and O–H groups in total. The van der Waals surface area contributed by atoms with Crippen LogP contribution in [0, 0.1) is 13.8 Å². The Bertz CT molecular complexity index is 461. The summed E-state index contributed by atoms with van der Waals surface area (Å²) in [7, 11) is 0.